The smallest absolute Gasteiger partial charge is 0.234 e. The lowest BCUT2D eigenvalue weighted by molar-refractivity contribution is 1.14. The lowest BCUT2D eigenvalue weighted by Gasteiger charge is -2.18. The number of nitrogens with zero attached hydrogens (tertiary/aromatic N) is 4. The van der Waals surface area contributed by atoms with E-state index in [0.717, 1.165) is 65.2 Å². The fourth-order valence-corrected chi connectivity index (χ4v) is 7.09. The lowest BCUT2D eigenvalue weighted by Crippen LogP contribution is -2.02. The molecule has 2 heterocycles. The minimum Gasteiger partial charge on any atom is -0.318 e. The van der Waals surface area contributed by atoms with Crippen molar-refractivity contribution in [2.75, 3.05) is 0 Å². The summed E-state index contributed by atoms with van der Waals surface area (Å²) in [7, 11) is 0. The van der Waals surface area contributed by atoms with Crippen molar-refractivity contribution in [3.63, 3.8) is 0 Å². The van der Waals surface area contributed by atoms with E-state index in [1.165, 1.54) is 0 Å². The first-order chi connectivity index (χ1) is 21.8. The van der Waals surface area contributed by atoms with E-state index < -0.39 is 0 Å². The molecule has 9 rings (SSSR count). The molecule has 44 heavy (non-hydrogen) atoms. The molecule has 2 aromatic heterocycles. The van der Waals surface area contributed by atoms with Gasteiger partial charge >= 0.3 is 0 Å². The SMILES string of the molecule is [C-]#[N+]c1c(-n2c3ccccc3c3ccc4ccccc4c32)cc(C#N)cc1-n1c2ccccc2c2ccc3ccccc3c21. The predicted octanol–water partition coefficient (Wildman–Crippen LogP) is 10.6. The van der Waals surface area contributed by atoms with Crippen LogP contribution in [0.1, 0.15) is 5.56 Å². The molecule has 0 aliphatic carbocycles. The maximum atomic E-state index is 10.4. The molecule has 4 heteroatoms. The summed E-state index contributed by atoms with van der Waals surface area (Å²) in [5.41, 5.74) is 6.45. The van der Waals surface area contributed by atoms with Crippen LogP contribution in [0.15, 0.2) is 133 Å². The summed E-state index contributed by atoms with van der Waals surface area (Å²) in [6.45, 7) is 8.63. The van der Waals surface area contributed by atoms with Gasteiger partial charge in [-0.3, -0.25) is 0 Å². The molecule has 0 radical (unpaired) electrons. The fourth-order valence-electron chi connectivity index (χ4n) is 7.09. The van der Waals surface area contributed by atoms with Gasteiger partial charge in [-0.15, -0.1) is 0 Å². The normalized spacial score (nSPS) is 11.6. The molecule has 0 N–H and O–H groups in total. The van der Waals surface area contributed by atoms with E-state index in [-0.39, 0.29) is 0 Å². The van der Waals surface area contributed by atoms with Crippen LogP contribution in [0.4, 0.5) is 5.69 Å². The zero-order chi connectivity index (χ0) is 29.4. The van der Waals surface area contributed by atoms with Crippen LogP contribution < -0.4 is 0 Å². The van der Waals surface area contributed by atoms with E-state index in [2.05, 4.69) is 117 Å². The summed E-state index contributed by atoms with van der Waals surface area (Å²) in [6, 6.07) is 48.2. The molecule has 0 atom stereocenters. The van der Waals surface area contributed by atoms with Crippen LogP contribution in [-0.4, -0.2) is 9.13 Å². The number of hydrogen-bond acceptors (Lipinski definition) is 1. The number of hydrogen-bond donors (Lipinski definition) is 0. The maximum Gasteiger partial charge on any atom is 0.234 e. The molecule has 0 aliphatic heterocycles. The van der Waals surface area contributed by atoms with Crippen LogP contribution in [-0.2, 0) is 0 Å². The zero-order valence-corrected chi connectivity index (χ0v) is 23.5. The first-order valence-corrected chi connectivity index (χ1v) is 14.5. The number of nitriles is 1. The van der Waals surface area contributed by atoms with Crippen molar-refractivity contribution in [2.45, 2.75) is 0 Å². The van der Waals surface area contributed by atoms with Crippen molar-refractivity contribution in [1.82, 2.24) is 9.13 Å². The predicted molar refractivity (Wildman–Crippen MR) is 181 cm³/mol. The second-order valence-corrected chi connectivity index (χ2v) is 11.2. The van der Waals surface area contributed by atoms with Crippen LogP contribution >= 0.6 is 0 Å². The topological polar surface area (TPSA) is 38.0 Å². The molecule has 0 fully saturated rings. The Morgan fingerprint density at radius 1 is 0.500 bits per heavy atom. The third kappa shape index (κ3) is 3.20. The van der Waals surface area contributed by atoms with E-state index in [0.29, 0.717) is 22.6 Å². The Morgan fingerprint density at radius 3 is 1.39 bits per heavy atom. The zero-order valence-electron chi connectivity index (χ0n) is 23.5. The number of para-hydroxylation sites is 2. The van der Waals surface area contributed by atoms with Crippen molar-refractivity contribution in [1.29, 1.82) is 5.26 Å². The molecule has 0 bridgehead atoms. The van der Waals surface area contributed by atoms with Gasteiger partial charge in [-0.25, -0.2) is 4.85 Å². The summed E-state index contributed by atoms with van der Waals surface area (Å²) in [5.74, 6) is 0. The van der Waals surface area contributed by atoms with Crippen LogP contribution in [0, 0.1) is 17.9 Å². The Labute approximate surface area is 252 Å². The Kier molecular flexibility index (Phi) is 5.00. The van der Waals surface area contributed by atoms with Crippen molar-refractivity contribution in [3.05, 3.63) is 150 Å². The average Bonchev–Trinajstić information content (AvgIpc) is 3.61. The summed E-state index contributed by atoms with van der Waals surface area (Å²) in [5, 5.41) is 19.3. The molecule has 0 spiro atoms. The molecule has 0 unspecified atom stereocenters. The highest BCUT2D eigenvalue weighted by Crippen LogP contribution is 2.44. The fraction of sp³-hybridized carbons (Fsp3) is 0. The van der Waals surface area contributed by atoms with E-state index in [1.807, 2.05) is 36.4 Å². The molecule has 0 aliphatic rings. The lowest BCUT2D eigenvalue weighted by atomic mass is 10.1. The largest absolute Gasteiger partial charge is 0.318 e. The average molecular weight is 559 g/mol. The Bertz CT molecular complexity index is 2570. The molecule has 7 aromatic carbocycles. The highest BCUT2D eigenvalue weighted by atomic mass is 15.0. The molecule has 4 nitrogen and oxygen atoms in total. The van der Waals surface area contributed by atoms with Crippen LogP contribution in [0.3, 0.4) is 0 Å². The van der Waals surface area contributed by atoms with Gasteiger partial charge in [0.1, 0.15) is 0 Å². The Balaban J connectivity index is 1.51. The van der Waals surface area contributed by atoms with Crippen molar-refractivity contribution in [3.8, 4) is 17.4 Å². The van der Waals surface area contributed by atoms with E-state index in [9.17, 15) is 5.26 Å². The maximum absolute atomic E-state index is 10.4. The first-order valence-electron chi connectivity index (χ1n) is 14.5. The standard InChI is InChI=1S/C40H22N4/c1-42-38-36(43-34-16-8-6-14-30(34)32-20-18-26-10-2-4-12-28(26)39(32)43)22-25(24-41)23-37(38)44-35-17-9-7-15-31(35)33-21-19-27-11-3-5-13-29(27)40(33)44/h2-23H. The second-order valence-electron chi connectivity index (χ2n) is 11.2. The minimum absolute atomic E-state index is 0.496. The van der Waals surface area contributed by atoms with Gasteiger partial charge in [-0.05, 0) is 35.0 Å². The number of fused-ring (bicyclic) bond motifs is 10. The summed E-state index contributed by atoms with van der Waals surface area (Å²) in [4.78, 5) is 4.24. The van der Waals surface area contributed by atoms with Crippen LogP contribution in [0.2, 0.25) is 0 Å². The third-order valence-corrected chi connectivity index (χ3v) is 8.91. The van der Waals surface area contributed by atoms with Gasteiger partial charge in [-0.2, -0.15) is 5.26 Å². The number of benzene rings is 7. The van der Waals surface area contributed by atoms with Gasteiger partial charge < -0.3 is 9.13 Å². The number of rotatable bonds is 2. The van der Waals surface area contributed by atoms with Crippen molar-refractivity contribution in [2.24, 2.45) is 0 Å². The van der Waals surface area contributed by atoms with Gasteiger partial charge in [-0.1, -0.05) is 109 Å². The Morgan fingerprint density at radius 2 is 0.932 bits per heavy atom. The quantitative estimate of drug-likeness (QED) is 0.195. The Hall–Kier alpha value is -6.36. The highest BCUT2D eigenvalue weighted by molar-refractivity contribution is 6.20. The molecule has 9 aromatic rings. The molecule has 0 saturated carbocycles. The first kappa shape index (κ1) is 24.3. The van der Waals surface area contributed by atoms with Gasteiger partial charge in [0.2, 0.25) is 5.69 Å². The molecular formula is C40H22N4. The van der Waals surface area contributed by atoms with Gasteiger partial charge in [0.15, 0.2) is 0 Å². The van der Waals surface area contributed by atoms with E-state index >= 15 is 0 Å². The third-order valence-electron chi connectivity index (χ3n) is 8.91. The summed E-state index contributed by atoms with van der Waals surface area (Å²) < 4.78 is 4.38. The number of aromatic nitrogens is 2. The van der Waals surface area contributed by atoms with E-state index in [1.54, 1.807) is 0 Å². The molecule has 0 saturated heterocycles. The molecule has 202 valence electrons. The highest BCUT2D eigenvalue weighted by Gasteiger charge is 2.23. The van der Waals surface area contributed by atoms with Crippen molar-refractivity contribution < 1.29 is 0 Å². The monoisotopic (exact) mass is 558 g/mol. The van der Waals surface area contributed by atoms with Crippen molar-refractivity contribution >= 4 is 70.8 Å². The summed E-state index contributed by atoms with van der Waals surface area (Å²) >= 11 is 0. The van der Waals surface area contributed by atoms with E-state index in [4.69, 9.17) is 6.57 Å². The van der Waals surface area contributed by atoms with Crippen LogP contribution in [0.25, 0.3) is 81.4 Å². The van der Waals surface area contributed by atoms with Gasteiger partial charge in [0, 0.05) is 32.3 Å². The van der Waals surface area contributed by atoms with Crippen LogP contribution in [0.5, 0.6) is 0 Å². The molecular weight excluding hydrogens is 536 g/mol. The summed E-state index contributed by atoms with van der Waals surface area (Å²) in [6.07, 6.45) is 0. The van der Waals surface area contributed by atoms with Gasteiger partial charge in [0.25, 0.3) is 0 Å². The second kappa shape index (κ2) is 9.07. The minimum atomic E-state index is 0.496. The van der Waals surface area contributed by atoms with Gasteiger partial charge in [0.05, 0.1) is 51.6 Å². The molecule has 0 amide bonds.